The molecule has 0 N–H and O–H groups in total. The highest BCUT2D eigenvalue weighted by atomic mass is 16.7. The van der Waals surface area contributed by atoms with E-state index in [1.807, 2.05) is 21.1 Å². The fraction of sp³-hybridized carbons (Fsp3) is 0.788. The Kier molecular flexibility index (Phi) is 41.9. The van der Waals surface area contributed by atoms with Gasteiger partial charge in [0.15, 0.2) is 12.4 Å². The zero-order valence-electron chi connectivity index (χ0n) is 40.0. The van der Waals surface area contributed by atoms with Crippen LogP contribution < -0.4 is 5.11 Å². The van der Waals surface area contributed by atoms with Gasteiger partial charge in [0.2, 0.25) is 0 Å². The molecule has 0 amide bonds. The molecular weight excluding hydrogens is 767 g/mol. The maximum Gasteiger partial charge on any atom is 0.306 e. The van der Waals surface area contributed by atoms with Crippen molar-refractivity contribution in [2.75, 3.05) is 47.5 Å². The van der Waals surface area contributed by atoms with E-state index in [0.717, 1.165) is 70.6 Å². The third-order valence-corrected chi connectivity index (χ3v) is 10.6. The van der Waals surface area contributed by atoms with Gasteiger partial charge in [-0.05, 0) is 51.4 Å². The molecule has 0 aromatic heterocycles. The zero-order valence-corrected chi connectivity index (χ0v) is 40.0. The number of aliphatic carboxylic acids is 1. The fourth-order valence-electron chi connectivity index (χ4n) is 6.76. The van der Waals surface area contributed by atoms with Crippen LogP contribution >= 0.6 is 0 Å². The number of quaternary nitrogens is 1. The van der Waals surface area contributed by atoms with E-state index in [4.69, 9.17) is 18.9 Å². The molecule has 9 heteroatoms. The van der Waals surface area contributed by atoms with Crippen LogP contribution in [0.15, 0.2) is 48.6 Å². The second-order valence-corrected chi connectivity index (χ2v) is 17.7. The molecule has 2 unspecified atom stereocenters. The topological polar surface area (TPSA) is 111 Å². The van der Waals surface area contributed by atoms with Crippen LogP contribution in [-0.2, 0) is 33.3 Å². The van der Waals surface area contributed by atoms with Crippen LogP contribution in [-0.4, -0.2) is 82.3 Å². The number of carboxylic acids is 1. The number of hydrogen-bond acceptors (Lipinski definition) is 8. The van der Waals surface area contributed by atoms with Gasteiger partial charge in [0, 0.05) is 12.8 Å². The second-order valence-electron chi connectivity index (χ2n) is 17.7. The van der Waals surface area contributed by atoms with E-state index in [2.05, 4.69) is 62.5 Å². The van der Waals surface area contributed by atoms with Crippen molar-refractivity contribution in [2.24, 2.45) is 0 Å². The third-order valence-electron chi connectivity index (χ3n) is 10.6. The highest BCUT2D eigenvalue weighted by Crippen LogP contribution is 2.16. The molecule has 0 heterocycles. The predicted molar refractivity (Wildman–Crippen MR) is 251 cm³/mol. The lowest BCUT2D eigenvalue weighted by molar-refractivity contribution is -0.870. The number of rotatable bonds is 45. The Bertz CT molecular complexity index is 1140. The summed E-state index contributed by atoms with van der Waals surface area (Å²) in [4.78, 5) is 37.1. The van der Waals surface area contributed by atoms with Gasteiger partial charge in [-0.15, -0.1) is 0 Å². The Morgan fingerprint density at radius 2 is 0.934 bits per heavy atom. The van der Waals surface area contributed by atoms with Crippen LogP contribution in [0.25, 0.3) is 0 Å². The van der Waals surface area contributed by atoms with E-state index in [9.17, 15) is 19.5 Å². The highest BCUT2D eigenvalue weighted by Gasteiger charge is 2.21. The molecule has 0 fully saturated rings. The number of nitrogens with zero attached hydrogens (tertiary/aromatic N) is 1. The van der Waals surface area contributed by atoms with Gasteiger partial charge in [0.05, 0.1) is 40.3 Å². The lowest BCUT2D eigenvalue weighted by Crippen LogP contribution is -2.44. The minimum atomic E-state index is -1.63. The van der Waals surface area contributed by atoms with Crippen molar-refractivity contribution in [2.45, 2.75) is 219 Å². The largest absolute Gasteiger partial charge is 0.545 e. The van der Waals surface area contributed by atoms with Crippen LogP contribution in [0.1, 0.15) is 206 Å². The molecule has 354 valence electrons. The Hall–Kier alpha value is -2.75. The Labute approximate surface area is 374 Å². The number of carboxylic acid groups (broad SMARTS) is 1. The molecule has 0 saturated carbocycles. The number of unbranched alkanes of at least 4 members (excludes halogenated alkanes) is 22. The number of ether oxygens (including phenoxy) is 4. The molecule has 0 aromatic rings. The second kappa shape index (κ2) is 43.9. The molecule has 0 bridgehead atoms. The van der Waals surface area contributed by atoms with Crippen molar-refractivity contribution in [1.29, 1.82) is 0 Å². The fourth-order valence-corrected chi connectivity index (χ4v) is 6.76. The van der Waals surface area contributed by atoms with E-state index in [1.54, 1.807) is 0 Å². The molecular formula is C52H93NO8. The summed E-state index contributed by atoms with van der Waals surface area (Å²) in [6.07, 6.45) is 48.6. The van der Waals surface area contributed by atoms with Crippen LogP contribution in [0.2, 0.25) is 0 Å². The molecule has 0 spiro atoms. The van der Waals surface area contributed by atoms with Crippen molar-refractivity contribution >= 4 is 17.9 Å². The van der Waals surface area contributed by atoms with Crippen molar-refractivity contribution in [3.8, 4) is 0 Å². The van der Waals surface area contributed by atoms with Crippen LogP contribution in [0, 0.1) is 0 Å². The molecule has 0 aromatic carbocycles. The summed E-state index contributed by atoms with van der Waals surface area (Å²) in [6.45, 7) is 4.61. The average Bonchev–Trinajstić information content (AvgIpc) is 3.22. The SMILES string of the molecule is CC/C=C\C/C=C\C/C=C\C/C=C\CCCCCCC(=O)OC(COC(=O)CCCCCCCCCCCCCCCCCCCCC)COC(OCC[N+](C)(C)C)C(=O)[O-]. The van der Waals surface area contributed by atoms with Crippen molar-refractivity contribution < 1.29 is 42.9 Å². The summed E-state index contributed by atoms with van der Waals surface area (Å²) in [5.74, 6) is -2.31. The first-order valence-corrected chi connectivity index (χ1v) is 24.8. The zero-order chi connectivity index (χ0) is 44.9. The Morgan fingerprint density at radius 1 is 0.508 bits per heavy atom. The number of hydrogen-bond donors (Lipinski definition) is 0. The normalized spacial score (nSPS) is 13.3. The van der Waals surface area contributed by atoms with Gasteiger partial charge in [-0.3, -0.25) is 9.59 Å². The lowest BCUT2D eigenvalue weighted by Gasteiger charge is -2.26. The van der Waals surface area contributed by atoms with E-state index >= 15 is 0 Å². The maximum atomic E-state index is 12.8. The number of carbonyl (C=O) groups is 3. The van der Waals surface area contributed by atoms with Gasteiger partial charge in [0.25, 0.3) is 0 Å². The van der Waals surface area contributed by atoms with Gasteiger partial charge in [-0.1, -0.05) is 191 Å². The first-order chi connectivity index (χ1) is 29.6. The van der Waals surface area contributed by atoms with E-state index in [1.165, 1.54) is 103 Å². The molecule has 0 saturated heterocycles. The molecule has 0 rings (SSSR count). The van der Waals surface area contributed by atoms with Crippen LogP contribution in [0.5, 0.6) is 0 Å². The van der Waals surface area contributed by atoms with E-state index in [-0.39, 0.29) is 38.6 Å². The quantitative estimate of drug-likeness (QED) is 0.0196. The first-order valence-electron chi connectivity index (χ1n) is 24.8. The molecule has 0 radical (unpaired) electrons. The molecule has 0 aliphatic carbocycles. The van der Waals surface area contributed by atoms with Crippen molar-refractivity contribution in [1.82, 2.24) is 0 Å². The van der Waals surface area contributed by atoms with Crippen LogP contribution in [0.4, 0.5) is 0 Å². The van der Waals surface area contributed by atoms with Crippen LogP contribution in [0.3, 0.4) is 0 Å². The standard InChI is InChI=1S/C52H93NO8/c1-6-8-10-12-14-16-18-20-22-24-25-27-28-30-32-34-36-38-40-42-49(54)59-46-48(47-60-52(51(56)57)58-45-44-53(3,4)5)61-50(55)43-41-39-37-35-33-31-29-26-23-21-19-17-15-13-11-9-7-2/h9,11,15,17,21,23,29,31,48,52H,6-8,10,12-14,16,18-20,22,24-28,30,32-47H2,1-5H3/b11-9-,17-15-,23-21-,31-29-. The summed E-state index contributed by atoms with van der Waals surface area (Å²) in [5.41, 5.74) is 0. The Balaban J connectivity index is 4.38. The summed E-state index contributed by atoms with van der Waals surface area (Å²) < 4.78 is 22.6. The summed E-state index contributed by atoms with van der Waals surface area (Å²) in [5, 5.41) is 11.7. The number of allylic oxidation sites excluding steroid dienone is 8. The van der Waals surface area contributed by atoms with E-state index in [0.29, 0.717) is 17.4 Å². The maximum absolute atomic E-state index is 12.8. The Morgan fingerprint density at radius 3 is 1.39 bits per heavy atom. The summed E-state index contributed by atoms with van der Waals surface area (Å²) >= 11 is 0. The van der Waals surface area contributed by atoms with E-state index < -0.39 is 24.3 Å². The van der Waals surface area contributed by atoms with Gasteiger partial charge in [0.1, 0.15) is 13.2 Å². The van der Waals surface area contributed by atoms with Gasteiger partial charge < -0.3 is 33.3 Å². The number of carbonyl (C=O) groups excluding carboxylic acids is 3. The number of esters is 2. The molecule has 0 aliphatic rings. The average molecular weight is 860 g/mol. The molecule has 9 nitrogen and oxygen atoms in total. The number of likely N-dealkylation sites (N-methyl/N-ethyl adjacent to an activating group) is 1. The van der Waals surface area contributed by atoms with Gasteiger partial charge >= 0.3 is 11.9 Å². The lowest BCUT2D eigenvalue weighted by atomic mass is 10.0. The predicted octanol–water partition coefficient (Wildman–Crippen LogP) is 12.2. The van der Waals surface area contributed by atoms with Gasteiger partial charge in [-0.25, -0.2) is 0 Å². The van der Waals surface area contributed by atoms with Crippen molar-refractivity contribution in [3.05, 3.63) is 48.6 Å². The summed E-state index contributed by atoms with van der Waals surface area (Å²) in [7, 11) is 5.90. The smallest absolute Gasteiger partial charge is 0.306 e. The van der Waals surface area contributed by atoms with Gasteiger partial charge in [-0.2, -0.15) is 0 Å². The highest BCUT2D eigenvalue weighted by molar-refractivity contribution is 5.70. The molecule has 0 aliphatic heterocycles. The van der Waals surface area contributed by atoms with Crippen molar-refractivity contribution in [3.63, 3.8) is 0 Å². The monoisotopic (exact) mass is 860 g/mol. The molecule has 2 atom stereocenters. The first kappa shape index (κ1) is 58.2. The summed E-state index contributed by atoms with van der Waals surface area (Å²) in [6, 6.07) is 0. The molecule has 61 heavy (non-hydrogen) atoms. The minimum Gasteiger partial charge on any atom is -0.545 e. The third kappa shape index (κ3) is 45.1. The minimum absolute atomic E-state index is 0.142.